The van der Waals surface area contributed by atoms with Gasteiger partial charge in [0.25, 0.3) is 5.91 Å². The normalized spacial score (nSPS) is 13.7. The molecule has 1 aliphatic rings. The lowest BCUT2D eigenvalue weighted by Gasteiger charge is -2.08. The van der Waals surface area contributed by atoms with Gasteiger partial charge in [-0.15, -0.1) is 16.4 Å². The highest BCUT2D eigenvalue weighted by atomic mass is 32.1. The van der Waals surface area contributed by atoms with E-state index in [1.807, 2.05) is 22.9 Å². The Morgan fingerprint density at radius 2 is 2.13 bits per heavy atom. The van der Waals surface area contributed by atoms with Crippen LogP contribution >= 0.6 is 11.3 Å². The van der Waals surface area contributed by atoms with E-state index in [0.717, 1.165) is 18.4 Å². The Balaban J connectivity index is 1.47. The van der Waals surface area contributed by atoms with E-state index in [1.54, 1.807) is 18.2 Å². The third kappa shape index (κ3) is 3.35. The number of tetrazole rings is 1. The fourth-order valence-corrected chi connectivity index (χ4v) is 4.62. The van der Waals surface area contributed by atoms with Gasteiger partial charge in [-0.3, -0.25) is 4.79 Å². The number of carbonyl (C=O) groups excluding carboxylic acids is 1. The summed E-state index contributed by atoms with van der Waals surface area (Å²) in [5.41, 5.74) is 2.00. The van der Waals surface area contributed by atoms with Crippen molar-refractivity contribution < 1.29 is 13.9 Å². The Labute approximate surface area is 175 Å². The maximum absolute atomic E-state index is 14.4. The first-order valence-electron chi connectivity index (χ1n) is 9.54. The minimum atomic E-state index is -0.358. The van der Waals surface area contributed by atoms with Crippen molar-refractivity contribution in [3.05, 3.63) is 58.7 Å². The molecule has 0 saturated heterocycles. The summed E-state index contributed by atoms with van der Waals surface area (Å²) in [5.74, 6) is 0.0166. The van der Waals surface area contributed by atoms with E-state index in [-0.39, 0.29) is 18.3 Å². The van der Waals surface area contributed by atoms with Crippen LogP contribution in [-0.4, -0.2) is 33.2 Å². The zero-order valence-electron chi connectivity index (χ0n) is 16.1. The van der Waals surface area contributed by atoms with Crippen molar-refractivity contribution >= 4 is 33.0 Å². The van der Waals surface area contributed by atoms with Gasteiger partial charge >= 0.3 is 0 Å². The minimum absolute atomic E-state index is 0.153. The molecule has 0 bridgehead atoms. The van der Waals surface area contributed by atoms with Crippen molar-refractivity contribution in [3.63, 3.8) is 0 Å². The fourth-order valence-electron chi connectivity index (χ4n) is 3.51. The minimum Gasteiger partial charge on any atom is -0.380 e. The Hall–Kier alpha value is -3.17. The number of benzene rings is 2. The average Bonchev–Trinajstić information content (AvgIpc) is 3.34. The Morgan fingerprint density at radius 1 is 1.30 bits per heavy atom. The molecule has 0 radical (unpaired) electrons. The fraction of sp³-hybridized carbons (Fsp3) is 0.238. The van der Waals surface area contributed by atoms with Crippen LogP contribution in [0.1, 0.15) is 34.1 Å². The number of ether oxygens (including phenoxy) is 1. The lowest BCUT2D eigenvalue weighted by Crippen LogP contribution is -2.12. The summed E-state index contributed by atoms with van der Waals surface area (Å²) in [4.78, 5) is 13.5. The quantitative estimate of drug-likeness (QED) is 0.496. The second-order valence-corrected chi connectivity index (χ2v) is 8.22. The average molecular weight is 423 g/mol. The molecule has 2 heterocycles. The predicted octanol–water partition coefficient (Wildman–Crippen LogP) is 4.43. The van der Waals surface area contributed by atoms with E-state index >= 15 is 0 Å². The molecule has 1 N–H and O–H groups in total. The lowest BCUT2D eigenvalue weighted by molar-refractivity contribution is 0.102. The van der Waals surface area contributed by atoms with Crippen molar-refractivity contribution in [1.82, 2.24) is 20.2 Å². The second-order valence-electron chi connectivity index (χ2n) is 7.17. The van der Waals surface area contributed by atoms with Crippen molar-refractivity contribution in [1.29, 1.82) is 0 Å². The molecular formula is C21H18FN5O2S. The summed E-state index contributed by atoms with van der Waals surface area (Å²) in [6.45, 7) is 0.153. The topological polar surface area (TPSA) is 81.9 Å². The van der Waals surface area contributed by atoms with Crippen molar-refractivity contribution in [3.8, 4) is 11.4 Å². The molecule has 30 heavy (non-hydrogen) atoms. The summed E-state index contributed by atoms with van der Waals surface area (Å²) < 4.78 is 22.2. The molecule has 7 nitrogen and oxygen atoms in total. The number of methoxy groups -OCH3 is 1. The van der Waals surface area contributed by atoms with Crippen molar-refractivity contribution in [2.24, 2.45) is 0 Å². The van der Waals surface area contributed by atoms with Gasteiger partial charge in [0.1, 0.15) is 5.82 Å². The maximum Gasteiger partial charge on any atom is 0.266 e. The molecule has 0 atom stereocenters. The number of carbonyl (C=O) groups is 1. The van der Waals surface area contributed by atoms with Crippen LogP contribution in [-0.2, 0) is 11.3 Å². The Kier molecular flexibility index (Phi) is 4.76. The van der Waals surface area contributed by atoms with Crippen LogP contribution in [0.3, 0.4) is 0 Å². The monoisotopic (exact) mass is 423 g/mol. The van der Waals surface area contributed by atoms with Crippen LogP contribution < -0.4 is 5.32 Å². The maximum atomic E-state index is 14.4. The number of fused-ring (bicyclic) bond motifs is 1. The molecular weight excluding hydrogens is 405 g/mol. The molecule has 1 amide bonds. The van der Waals surface area contributed by atoms with Crippen LogP contribution in [0.25, 0.3) is 21.5 Å². The van der Waals surface area contributed by atoms with Gasteiger partial charge in [-0.2, -0.15) is 0 Å². The first-order valence-corrected chi connectivity index (χ1v) is 10.4. The van der Waals surface area contributed by atoms with Crippen molar-refractivity contribution in [2.75, 3.05) is 12.4 Å². The van der Waals surface area contributed by atoms with E-state index in [4.69, 9.17) is 4.74 Å². The van der Waals surface area contributed by atoms with Crippen LogP contribution in [0, 0.1) is 5.82 Å². The third-order valence-electron chi connectivity index (χ3n) is 5.02. The Bertz CT molecular complexity index is 1250. The van der Waals surface area contributed by atoms with Crippen molar-refractivity contribution in [2.45, 2.75) is 25.5 Å². The first kappa shape index (κ1) is 18.8. The summed E-state index contributed by atoms with van der Waals surface area (Å²) in [6, 6.07) is 12.6. The molecule has 152 valence electrons. The zero-order chi connectivity index (χ0) is 20.7. The van der Waals surface area contributed by atoms with Gasteiger partial charge in [0.05, 0.1) is 17.5 Å². The highest BCUT2D eigenvalue weighted by Gasteiger charge is 2.28. The van der Waals surface area contributed by atoms with Gasteiger partial charge in [-0.05, 0) is 47.5 Å². The highest BCUT2D eigenvalue weighted by Crippen LogP contribution is 2.37. The molecule has 1 fully saturated rings. The van der Waals surface area contributed by atoms with Crippen LogP contribution in [0.15, 0.2) is 42.5 Å². The van der Waals surface area contributed by atoms with E-state index in [2.05, 4.69) is 20.8 Å². The molecule has 0 unspecified atom stereocenters. The summed E-state index contributed by atoms with van der Waals surface area (Å²) in [6.07, 6.45) is 2.14. The summed E-state index contributed by atoms with van der Waals surface area (Å²) in [7, 11) is 1.53. The summed E-state index contributed by atoms with van der Waals surface area (Å²) in [5, 5.41) is 15.4. The molecule has 1 aliphatic carbocycles. The molecule has 1 saturated carbocycles. The number of thiophene rings is 1. The number of nitrogens with one attached hydrogen (secondary N) is 1. The van der Waals surface area contributed by atoms with Crippen LogP contribution in [0.5, 0.6) is 0 Å². The van der Waals surface area contributed by atoms with E-state index < -0.39 is 0 Å². The molecule has 5 rings (SSSR count). The molecule has 2 aromatic heterocycles. The number of anilines is 1. The second kappa shape index (κ2) is 7.58. The van der Waals surface area contributed by atoms with Crippen LogP contribution in [0.4, 0.5) is 10.1 Å². The molecule has 9 heteroatoms. The largest absolute Gasteiger partial charge is 0.380 e. The number of hydrogen-bond donors (Lipinski definition) is 1. The Morgan fingerprint density at radius 3 is 2.93 bits per heavy atom. The SMILES string of the molecule is COCc1c(C(=O)Nc2cccc(-c3nnnn3C3CC3)c2)sc2cccc(F)c12. The molecule has 0 spiro atoms. The lowest BCUT2D eigenvalue weighted by atomic mass is 10.1. The van der Waals surface area contributed by atoms with Gasteiger partial charge in [0, 0.05) is 34.0 Å². The molecule has 2 aromatic carbocycles. The van der Waals surface area contributed by atoms with E-state index in [9.17, 15) is 9.18 Å². The number of hydrogen-bond acceptors (Lipinski definition) is 6. The number of amides is 1. The predicted molar refractivity (Wildman–Crippen MR) is 112 cm³/mol. The van der Waals surface area contributed by atoms with Gasteiger partial charge in [0.15, 0.2) is 5.82 Å². The zero-order valence-corrected chi connectivity index (χ0v) is 16.9. The number of aromatic nitrogens is 4. The standard InChI is InChI=1S/C21H18FN5O2S/c1-29-11-15-18-16(22)6-3-7-17(18)30-19(15)21(28)23-13-5-2-4-12(10-13)20-24-25-26-27(20)14-8-9-14/h2-7,10,14H,8-9,11H2,1H3,(H,23,28). The smallest absolute Gasteiger partial charge is 0.266 e. The number of rotatable bonds is 6. The number of nitrogens with zero attached hydrogens (tertiary/aromatic N) is 4. The highest BCUT2D eigenvalue weighted by molar-refractivity contribution is 7.21. The number of halogens is 1. The molecule has 0 aliphatic heterocycles. The van der Waals surface area contributed by atoms with Gasteiger partial charge in [0.2, 0.25) is 0 Å². The van der Waals surface area contributed by atoms with Gasteiger partial charge in [-0.1, -0.05) is 18.2 Å². The van der Waals surface area contributed by atoms with E-state index in [1.165, 1.54) is 24.5 Å². The van der Waals surface area contributed by atoms with Gasteiger partial charge < -0.3 is 10.1 Å². The van der Waals surface area contributed by atoms with Gasteiger partial charge in [-0.25, -0.2) is 9.07 Å². The molecule has 4 aromatic rings. The van der Waals surface area contributed by atoms with Crippen LogP contribution in [0.2, 0.25) is 0 Å². The summed E-state index contributed by atoms with van der Waals surface area (Å²) >= 11 is 1.25. The third-order valence-corrected chi connectivity index (χ3v) is 6.22. The van der Waals surface area contributed by atoms with E-state index in [0.29, 0.717) is 38.1 Å². The first-order chi connectivity index (χ1) is 14.7.